The van der Waals surface area contributed by atoms with Crippen molar-refractivity contribution >= 4 is 77.0 Å². The van der Waals surface area contributed by atoms with E-state index in [0.29, 0.717) is 0 Å². The fourth-order valence-corrected chi connectivity index (χ4v) is 12.5. The molecule has 7 heterocycles. The zero-order valence-corrected chi connectivity index (χ0v) is 37.3. The molecule has 0 aliphatic carbocycles. The van der Waals surface area contributed by atoms with Gasteiger partial charge < -0.3 is 14.0 Å². The Morgan fingerprint density at radius 3 is 2.00 bits per heavy atom. The van der Waals surface area contributed by atoms with Gasteiger partial charge in [0, 0.05) is 56.4 Å². The van der Waals surface area contributed by atoms with Gasteiger partial charge in [0.1, 0.15) is 12.0 Å². The quantitative estimate of drug-likeness (QED) is 0.158. The molecule has 0 amide bonds. The maximum atomic E-state index is 4.44. The molecule has 5 aromatic heterocycles. The first-order valence-electron chi connectivity index (χ1n) is 22.1. The smallest absolute Gasteiger partial charge is 0.215 e. The van der Waals surface area contributed by atoms with Crippen LogP contribution in [-0.2, 0) is 7.05 Å². The van der Waals surface area contributed by atoms with Gasteiger partial charge in [-0.2, -0.15) is 4.57 Å². The number of aryl methyl sites for hydroxylation is 4. The average Bonchev–Trinajstić information content (AvgIpc) is 4.07. The van der Waals surface area contributed by atoms with E-state index in [-0.39, 0.29) is 6.04 Å². The summed E-state index contributed by atoms with van der Waals surface area (Å²) in [5.41, 5.74) is 22.2. The molecule has 11 aromatic rings. The van der Waals surface area contributed by atoms with Crippen molar-refractivity contribution in [1.29, 1.82) is 0 Å². The molecule has 1 unspecified atom stereocenters. The summed E-state index contributed by atoms with van der Waals surface area (Å²) in [7, 11) is 2.15. The van der Waals surface area contributed by atoms with E-state index in [9.17, 15) is 0 Å². The van der Waals surface area contributed by atoms with Gasteiger partial charge in [0.2, 0.25) is 17.4 Å². The number of hydrogen-bond acceptors (Lipinski definition) is 2. The summed E-state index contributed by atoms with van der Waals surface area (Å²) in [6, 6.07) is 56.8. The highest BCUT2D eigenvalue weighted by Gasteiger charge is 2.47. The molecule has 13 rings (SSSR count). The highest BCUT2D eigenvalue weighted by molar-refractivity contribution is 7.19. The number of para-hydroxylation sites is 1. The maximum Gasteiger partial charge on any atom is 0.215 e. The second-order valence-electron chi connectivity index (χ2n) is 17.8. The van der Waals surface area contributed by atoms with Gasteiger partial charge in [0.15, 0.2) is 12.4 Å². The van der Waals surface area contributed by atoms with E-state index < -0.39 is 0 Å². The van der Waals surface area contributed by atoms with Crippen molar-refractivity contribution in [2.45, 2.75) is 33.7 Å². The molecule has 2 aliphatic rings. The molecule has 6 aromatic carbocycles. The van der Waals surface area contributed by atoms with Crippen molar-refractivity contribution in [3.63, 3.8) is 0 Å². The Labute approximate surface area is 376 Å². The molecule has 1 atom stereocenters. The number of fused-ring (bicyclic) bond motifs is 11. The second kappa shape index (κ2) is 13.5. The van der Waals surface area contributed by atoms with Gasteiger partial charge in [0.25, 0.3) is 0 Å². The van der Waals surface area contributed by atoms with Gasteiger partial charge in [-0.25, -0.2) is 4.57 Å². The van der Waals surface area contributed by atoms with Crippen molar-refractivity contribution in [1.82, 2.24) is 9.13 Å². The summed E-state index contributed by atoms with van der Waals surface area (Å²) in [5, 5.41) is 6.18. The molecule has 6 heteroatoms. The van der Waals surface area contributed by atoms with Crippen molar-refractivity contribution in [3.8, 4) is 38.6 Å². The number of anilines is 3. The Morgan fingerprint density at radius 2 is 1.25 bits per heavy atom. The van der Waals surface area contributed by atoms with Gasteiger partial charge in [-0.05, 0) is 123 Å². The number of rotatable bonds is 5. The van der Waals surface area contributed by atoms with Crippen molar-refractivity contribution in [2.75, 3.05) is 4.90 Å². The van der Waals surface area contributed by atoms with E-state index in [1.807, 2.05) is 11.3 Å². The van der Waals surface area contributed by atoms with Crippen LogP contribution in [0.1, 0.15) is 40.8 Å². The topological polar surface area (TPSA) is 20.9 Å². The highest BCUT2D eigenvalue weighted by Crippen LogP contribution is 2.56. The van der Waals surface area contributed by atoms with Gasteiger partial charge >= 0.3 is 0 Å². The predicted molar refractivity (Wildman–Crippen MR) is 266 cm³/mol. The number of pyridine rings is 2. The number of hydrogen-bond donors (Lipinski definition) is 0. The number of thiophene rings is 1. The highest BCUT2D eigenvalue weighted by atomic mass is 32.1. The molecule has 0 fully saturated rings. The molecule has 64 heavy (non-hydrogen) atoms. The zero-order chi connectivity index (χ0) is 43.1. The van der Waals surface area contributed by atoms with Gasteiger partial charge in [-0.3, -0.25) is 0 Å². The summed E-state index contributed by atoms with van der Waals surface area (Å²) in [5.74, 6) is 0. The Balaban J connectivity index is 1.03. The zero-order valence-electron chi connectivity index (χ0n) is 36.5. The van der Waals surface area contributed by atoms with Crippen molar-refractivity contribution in [3.05, 3.63) is 198 Å². The Kier molecular flexibility index (Phi) is 7.80. The average molecular weight is 844 g/mol. The van der Waals surface area contributed by atoms with Crippen LogP contribution in [0.25, 0.3) is 88.0 Å². The fraction of sp³-hybridized carbons (Fsp3) is 0.103. The number of allylic oxidation sites excluding steroid dienone is 1. The van der Waals surface area contributed by atoms with Crippen LogP contribution in [0.2, 0.25) is 0 Å². The third-order valence-corrected chi connectivity index (χ3v) is 15.0. The molecule has 2 aliphatic heterocycles. The van der Waals surface area contributed by atoms with Gasteiger partial charge in [0.05, 0.1) is 61.4 Å². The minimum atomic E-state index is 0.0564. The second-order valence-corrected chi connectivity index (χ2v) is 18.9. The Morgan fingerprint density at radius 1 is 0.578 bits per heavy atom. The lowest BCUT2D eigenvalue weighted by Crippen LogP contribution is -2.41. The molecular weight excluding hydrogens is 799 g/mol. The largest absolute Gasteiger partial charge is 0.314 e. The van der Waals surface area contributed by atoms with Crippen LogP contribution in [0, 0.1) is 20.8 Å². The monoisotopic (exact) mass is 843 g/mol. The third-order valence-electron chi connectivity index (χ3n) is 13.9. The minimum Gasteiger partial charge on any atom is -0.314 e. The van der Waals surface area contributed by atoms with Crippen molar-refractivity contribution < 1.29 is 9.13 Å². The molecule has 0 N–H and O–H groups in total. The fourth-order valence-electron chi connectivity index (χ4n) is 11.4. The lowest BCUT2D eigenvalue weighted by molar-refractivity contribution is -0.688. The first-order valence-corrected chi connectivity index (χ1v) is 22.9. The Bertz CT molecular complexity index is 3820. The van der Waals surface area contributed by atoms with Crippen LogP contribution in [0.15, 0.2) is 171 Å². The van der Waals surface area contributed by atoms with E-state index in [1.165, 1.54) is 126 Å². The molecule has 0 saturated carbocycles. The van der Waals surface area contributed by atoms with E-state index in [2.05, 4.69) is 229 Å². The van der Waals surface area contributed by atoms with E-state index in [4.69, 9.17) is 0 Å². The summed E-state index contributed by atoms with van der Waals surface area (Å²) in [4.78, 5) is 3.76. The van der Waals surface area contributed by atoms with Gasteiger partial charge in [-0.15, -0.1) is 11.3 Å². The van der Waals surface area contributed by atoms with Crippen LogP contribution in [-0.4, -0.2) is 9.13 Å². The normalized spacial score (nSPS) is 13.9. The third kappa shape index (κ3) is 5.06. The number of benzene rings is 6. The van der Waals surface area contributed by atoms with Crippen LogP contribution < -0.4 is 14.0 Å². The molecular formula is C58H45N5S+2. The standard InChI is InChI=1S/C58H45N5S/c1-34(2)61-47-20-8-7-15-39(47)43-32-44-42-31-38(23-24-48(42)63(52(44)33-51(43)61)57-36(4)29-35(3)30-37(57)5)53-25-26-54(64-53)62-49-21-13-16-40(45-18-9-11-27-59(45)6)55(49)58-56-41(17-14-22-50(56)62)46-19-10-12-28-60(46)58/h7-33,58H,1H2,2-6H3/q+2. The summed E-state index contributed by atoms with van der Waals surface area (Å²) in [6.07, 6.45) is 4.41. The van der Waals surface area contributed by atoms with Crippen molar-refractivity contribution in [2.24, 2.45) is 7.05 Å². The van der Waals surface area contributed by atoms with Gasteiger partial charge in [-0.1, -0.05) is 60.7 Å². The molecule has 0 radical (unpaired) electrons. The van der Waals surface area contributed by atoms with Crippen LogP contribution >= 0.6 is 11.3 Å². The SMILES string of the molecule is C=C(C)n1c2ccccc2c2cc3c4cc(-c5ccc(N6c7cccc(-c8cccc[n+]8C)c7C7c8c(cccc86)-c6cccc[n+]67)s5)ccc4n(-c4c(C)cc(C)cc4C)c3cc21. The van der Waals surface area contributed by atoms with Crippen LogP contribution in [0.3, 0.4) is 0 Å². The summed E-state index contributed by atoms with van der Waals surface area (Å²) >= 11 is 1.86. The molecule has 0 saturated heterocycles. The predicted octanol–water partition coefficient (Wildman–Crippen LogP) is 14.2. The lowest BCUT2D eigenvalue weighted by atomic mass is 9.85. The Hall–Kier alpha value is -7.54. The van der Waals surface area contributed by atoms with E-state index >= 15 is 0 Å². The minimum absolute atomic E-state index is 0.0564. The number of aromatic nitrogens is 4. The first-order chi connectivity index (χ1) is 31.2. The molecule has 0 spiro atoms. The molecule has 5 nitrogen and oxygen atoms in total. The molecule has 0 bridgehead atoms. The van der Waals surface area contributed by atoms with Crippen LogP contribution in [0.4, 0.5) is 16.4 Å². The summed E-state index contributed by atoms with van der Waals surface area (Å²) < 4.78 is 9.55. The summed E-state index contributed by atoms with van der Waals surface area (Å²) in [6.45, 7) is 13.2. The first kappa shape index (κ1) is 37.1. The maximum absolute atomic E-state index is 4.44. The van der Waals surface area contributed by atoms with E-state index in [1.54, 1.807) is 0 Å². The van der Waals surface area contributed by atoms with E-state index in [0.717, 1.165) is 5.70 Å². The van der Waals surface area contributed by atoms with Crippen LogP contribution in [0.5, 0.6) is 0 Å². The number of nitrogens with zero attached hydrogens (tertiary/aromatic N) is 5. The lowest BCUT2D eigenvalue weighted by Gasteiger charge is -2.34. The molecule has 306 valence electrons.